The maximum atomic E-state index is 14.6. The van der Waals surface area contributed by atoms with Gasteiger partial charge in [-0.25, -0.2) is 4.79 Å². The lowest BCUT2D eigenvalue weighted by Gasteiger charge is -2.44. The SMILES string of the molecule is C=C1C(OC(=O)c2ccccc2)[C@H]2C(OC(C)=O)[C@](C)(OC(C)=O)C[C@]2(O)C(=O)[C@@H](C)C=CC(C)(C)[C@H](OC(C)=O)[C@H](OC(C)=O)[C@H]1OC(=O)C(C)C. The quantitative estimate of drug-likeness (QED) is 0.228. The molecule has 1 saturated carbocycles. The van der Waals surface area contributed by atoms with Crippen molar-refractivity contribution in [1.82, 2.24) is 0 Å². The van der Waals surface area contributed by atoms with Gasteiger partial charge >= 0.3 is 35.8 Å². The van der Waals surface area contributed by atoms with Gasteiger partial charge in [-0.2, -0.15) is 0 Å². The fourth-order valence-corrected chi connectivity index (χ4v) is 7.02. The molecule has 14 heteroatoms. The third kappa shape index (κ3) is 9.58. The fourth-order valence-electron chi connectivity index (χ4n) is 7.02. The van der Waals surface area contributed by atoms with Gasteiger partial charge in [0.15, 0.2) is 30.2 Å². The molecule has 2 aliphatic rings. The van der Waals surface area contributed by atoms with Gasteiger partial charge in [0, 0.05) is 51.0 Å². The van der Waals surface area contributed by atoms with E-state index in [-0.39, 0.29) is 11.1 Å². The van der Waals surface area contributed by atoms with E-state index in [1.807, 2.05) is 0 Å². The largest absolute Gasteiger partial charge is 0.458 e. The van der Waals surface area contributed by atoms with E-state index >= 15 is 0 Å². The molecular formula is C39H50O14. The molecule has 0 amide bonds. The number of benzene rings is 1. The van der Waals surface area contributed by atoms with Crippen LogP contribution >= 0.6 is 0 Å². The summed E-state index contributed by atoms with van der Waals surface area (Å²) in [4.78, 5) is 92.7. The van der Waals surface area contributed by atoms with Crippen molar-refractivity contribution >= 4 is 41.6 Å². The maximum absolute atomic E-state index is 14.6. The van der Waals surface area contributed by atoms with E-state index < -0.39 is 113 Å². The number of esters is 6. The number of hydrogen-bond acceptors (Lipinski definition) is 14. The highest BCUT2D eigenvalue weighted by Gasteiger charge is 2.69. The summed E-state index contributed by atoms with van der Waals surface area (Å²) in [6.45, 7) is 17.7. The molecule has 290 valence electrons. The topological polar surface area (TPSA) is 195 Å². The van der Waals surface area contributed by atoms with Crippen molar-refractivity contribution in [3.63, 3.8) is 0 Å². The molecule has 0 aromatic heterocycles. The number of fused-ring (bicyclic) bond motifs is 1. The molecule has 1 aromatic rings. The Hall–Kier alpha value is -4.85. The lowest BCUT2D eigenvalue weighted by Crippen LogP contribution is -2.58. The van der Waals surface area contributed by atoms with Crippen LogP contribution in [0.5, 0.6) is 0 Å². The van der Waals surface area contributed by atoms with Crippen molar-refractivity contribution in [2.24, 2.45) is 23.2 Å². The zero-order chi connectivity index (χ0) is 40.2. The normalized spacial score (nSPS) is 31.2. The first kappa shape index (κ1) is 42.6. The third-order valence-corrected chi connectivity index (χ3v) is 9.36. The first-order chi connectivity index (χ1) is 24.4. The second-order valence-corrected chi connectivity index (χ2v) is 14.8. The average molecular weight is 743 g/mol. The van der Waals surface area contributed by atoms with Gasteiger partial charge in [-0.05, 0) is 19.1 Å². The number of Topliss-reactive ketones (excluding diaryl/α,β-unsaturated/α-hetero) is 1. The van der Waals surface area contributed by atoms with Crippen LogP contribution in [0.1, 0.15) is 86.0 Å². The Morgan fingerprint density at radius 3 is 1.85 bits per heavy atom. The highest BCUT2D eigenvalue weighted by atomic mass is 16.6. The minimum absolute atomic E-state index is 0.0218. The molecule has 1 fully saturated rings. The van der Waals surface area contributed by atoms with Crippen molar-refractivity contribution < 1.29 is 67.1 Å². The monoisotopic (exact) mass is 742 g/mol. The molecule has 0 spiro atoms. The first-order valence-corrected chi connectivity index (χ1v) is 17.3. The number of rotatable bonds is 8. The Kier molecular flexibility index (Phi) is 13.2. The summed E-state index contributed by atoms with van der Waals surface area (Å²) in [5.74, 6) is -9.76. The molecule has 0 heterocycles. The molecule has 1 N–H and O–H groups in total. The van der Waals surface area contributed by atoms with Gasteiger partial charge in [0.1, 0.15) is 17.3 Å². The van der Waals surface area contributed by atoms with Crippen LogP contribution in [-0.4, -0.2) is 88.4 Å². The smallest absolute Gasteiger partial charge is 0.338 e. The standard InChI is InChI=1S/C39H50O14/c1-20(2)35(45)52-30-22(4)29(51-36(46)27-15-13-12-14-16-27)28-33(49-24(6)41)38(11,53-26(8)43)19-39(28,47)32(44)21(3)17-18-37(9,10)34(50-25(7)42)31(30)48-23(5)40/h12-18,20-21,28-31,33-34,47H,4,19H2,1-3,5-11H3/t21-,28-,29?,30-,31+,33?,34+,38+,39+/m0/s1. The number of aliphatic hydroxyl groups is 1. The van der Waals surface area contributed by atoms with Gasteiger partial charge in [-0.3, -0.25) is 28.8 Å². The number of ketones is 1. The van der Waals surface area contributed by atoms with Gasteiger partial charge in [-0.15, -0.1) is 0 Å². The van der Waals surface area contributed by atoms with Crippen LogP contribution in [0.4, 0.5) is 0 Å². The van der Waals surface area contributed by atoms with E-state index in [9.17, 15) is 38.7 Å². The number of allylic oxidation sites excluding steroid dienone is 1. The van der Waals surface area contributed by atoms with E-state index in [4.69, 9.17) is 28.4 Å². The first-order valence-electron chi connectivity index (χ1n) is 17.3. The van der Waals surface area contributed by atoms with Crippen LogP contribution in [0.15, 0.2) is 54.6 Å². The summed E-state index contributed by atoms with van der Waals surface area (Å²) in [6, 6.07) is 7.64. The predicted molar refractivity (Wildman–Crippen MR) is 186 cm³/mol. The molecule has 14 nitrogen and oxygen atoms in total. The molecule has 9 atom stereocenters. The molecule has 0 bridgehead atoms. The summed E-state index contributed by atoms with van der Waals surface area (Å²) in [5, 5.41) is 12.7. The second kappa shape index (κ2) is 16.4. The van der Waals surface area contributed by atoms with Gasteiger partial charge in [-0.1, -0.05) is 71.5 Å². The van der Waals surface area contributed by atoms with Gasteiger partial charge in [0.2, 0.25) is 0 Å². The Morgan fingerprint density at radius 1 is 0.792 bits per heavy atom. The number of carbonyl (C=O) groups is 7. The minimum Gasteiger partial charge on any atom is -0.458 e. The third-order valence-electron chi connectivity index (χ3n) is 9.36. The van der Waals surface area contributed by atoms with E-state index in [1.165, 1.54) is 52.0 Å². The van der Waals surface area contributed by atoms with Crippen LogP contribution < -0.4 is 0 Å². The van der Waals surface area contributed by atoms with Crippen LogP contribution in [0.25, 0.3) is 0 Å². The average Bonchev–Trinajstić information content (AvgIpc) is 3.26. The molecule has 53 heavy (non-hydrogen) atoms. The van der Waals surface area contributed by atoms with Crippen molar-refractivity contribution in [3.8, 4) is 0 Å². The Labute approximate surface area is 309 Å². The minimum atomic E-state index is -2.58. The van der Waals surface area contributed by atoms with Gasteiger partial charge in [0.05, 0.1) is 17.4 Å². The van der Waals surface area contributed by atoms with Crippen molar-refractivity contribution in [3.05, 3.63) is 60.2 Å². The lowest BCUT2D eigenvalue weighted by molar-refractivity contribution is -0.192. The van der Waals surface area contributed by atoms with Gasteiger partial charge < -0.3 is 33.5 Å². The highest BCUT2D eigenvalue weighted by Crippen LogP contribution is 2.52. The fraction of sp³-hybridized carbons (Fsp3) is 0.564. The lowest BCUT2D eigenvalue weighted by atomic mass is 9.72. The molecule has 0 aliphatic heterocycles. The summed E-state index contributed by atoms with van der Waals surface area (Å²) in [7, 11) is 0. The number of ether oxygens (including phenoxy) is 6. The number of carbonyl (C=O) groups excluding carboxylic acids is 7. The molecule has 0 radical (unpaired) electrons. The molecule has 3 rings (SSSR count). The predicted octanol–water partition coefficient (Wildman–Crippen LogP) is 4.01. The van der Waals surface area contributed by atoms with Crippen LogP contribution in [0.3, 0.4) is 0 Å². The summed E-state index contributed by atoms with van der Waals surface area (Å²) < 4.78 is 35.1. The molecular weight excluding hydrogens is 692 g/mol. The van der Waals surface area contributed by atoms with Crippen LogP contribution in [-0.2, 0) is 57.2 Å². The Bertz CT molecular complexity index is 1640. The Morgan fingerprint density at radius 2 is 1.34 bits per heavy atom. The second-order valence-electron chi connectivity index (χ2n) is 14.8. The van der Waals surface area contributed by atoms with Crippen LogP contribution in [0, 0.1) is 23.2 Å². The molecule has 1 aromatic carbocycles. The van der Waals surface area contributed by atoms with E-state index in [1.54, 1.807) is 32.0 Å². The Balaban J connectivity index is 2.55. The zero-order valence-electron chi connectivity index (χ0n) is 31.8. The van der Waals surface area contributed by atoms with Crippen molar-refractivity contribution in [2.45, 2.75) is 117 Å². The highest BCUT2D eigenvalue weighted by molar-refractivity contribution is 5.92. The van der Waals surface area contributed by atoms with Crippen molar-refractivity contribution in [2.75, 3.05) is 0 Å². The van der Waals surface area contributed by atoms with Crippen molar-refractivity contribution in [1.29, 1.82) is 0 Å². The molecule has 0 saturated heterocycles. The van der Waals surface area contributed by atoms with E-state index in [0.29, 0.717) is 0 Å². The molecule has 2 aliphatic carbocycles. The van der Waals surface area contributed by atoms with Gasteiger partial charge in [0.25, 0.3) is 0 Å². The zero-order valence-corrected chi connectivity index (χ0v) is 31.8. The maximum Gasteiger partial charge on any atom is 0.338 e. The summed E-state index contributed by atoms with van der Waals surface area (Å²) in [6.07, 6.45) is -6.14. The van der Waals surface area contributed by atoms with E-state index in [2.05, 4.69) is 6.58 Å². The van der Waals surface area contributed by atoms with Crippen LogP contribution in [0.2, 0.25) is 0 Å². The van der Waals surface area contributed by atoms with E-state index in [0.717, 1.165) is 27.7 Å². The summed E-state index contributed by atoms with van der Waals surface area (Å²) in [5.41, 5.74) is -6.08. The molecule has 2 unspecified atom stereocenters. The summed E-state index contributed by atoms with van der Waals surface area (Å²) >= 11 is 0. The number of hydrogen-bond donors (Lipinski definition) is 1.